The summed E-state index contributed by atoms with van der Waals surface area (Å²) in [6.07, 6.45) is 2.65. The zero-order chi connectivity index (χ0) is 38.7. The summed E-state index contributed by atoms with van der Waals surface area (Å²) in [5.74, 6) is -0.499. The van der Waals surface area contributed by atoms with E-state index in [2.05, 4.69) is 15.2 Å². The summed E-state index contributed by atoms with van der Waals surface area (Å²) < 4.78 is 0. The number of hydrogen-bond acceptors (Lipinski definition) is 8. The van der Waals surface area contributed by atoms with Crippen LogP contribution in [0.25, 0.3) is 10.9 Å². The van der Waals surface area contributed by atoms with E-state index >= 15 is 0 Å². The average Bonchev–Trinajstić information content (AvgIpc) is 3.19. The largest absolute Gasteiger partial charge is 0.506 e. The van der Waals surface area contributed by atoms with Gasteiger partial charge in [-0.05, 0) is 105 Å². The van der Waals surface area contributed by atoms with Crippen LogP contribution >= 0.6 is 0 Å². The van der Waals surface area contributed by atoms with Crippen LogP contribution in [-0.2, 0) is 21.4 Å². The highest BCUT2D eigenvalue weighted by atomic mass is 16.4. The third-order valence-corrected chi connectivity index (χ3v) is 12.2. The van der Waals surface area contributed by atoms with Gasteiger partial charge in [-0.15, -0.1) is 0 Å². The molecule has 12 nitrogen and oxygen atoms in total. The predicted molar refractivity (Wildman–Crippen MR) is 209 cm³/mol. The lowest BCUT2D eigenvalue weighted by Gasteiger charge is -2.62. The number of likely N-dealkylation sites (tertiary alicyclic amines) is 1. The average molecular weight is 750 g/mol. The van der Waals surface area contributed by atoms with E-state index < -0.39 is 17.5 Å². The quantitative estimate of drug-likeness (QED) is 0.113. The van der Waals surface area contributed by atoms with Gasteiger partial charge < -0.3 is 40.3 Å². The highest BCUT2D eigenvalue weighted by molar-refractivity contribution is 5.94. The van der Waals surface area contributed by atoms with E-state index in [-0.39, 0.29) is 60.1 Å². The van der Waals surface area contributed by atoms with Crippen LogP contribution in [0.5, 0.6) is 5.75 Å². The standard InChI is InChI=1S/C43H51N5O7/c1-2-47(22-6-21-44-25-36(50)32-14-16-35(49)39-33(32)15-17-37(51)45-39)41(53)30-12-9-28(10-13-30)11-18-38(52)48-27-43(42(54)55,31-7-4-3-5-8-31)40(48)34-26-46-23-19-29(34)20-24-46/h3-5,7-10,12-17,29,34,36,40,44,49-50H,2,6,11,18-27H2,1H3,(H,45,51)(H,54,55)/t34?,36-,40+,43?/m0/s1. The number of piperidine rings is 3. The minimum absolute atomic E-state index is 0.0274. The van der Waals surface area contributed by atoms with Gasteiger partial charge in [0.1, 0.15) is 11.2 Å². The molecule has 55 heavy (non-hydrogen) atoms. The molecule has 4 atom stereocenters. The summed E-state index contributed by atoms with van der Waals surface area (Å²) >= 11 is 0. The lowest BCUT2D eigenvalue weighted by Crippen LogP contribution is -2.76. The number of aryl methyl sites for hydroxylation is 1. The minimum Gasteiger partial charge on any atom is -0.506 e. The van der Waals surface area contributed by atoms with Gasteiger partial charge in [-0.3, -0.25) is 19.2 Å². The number of amides is 2. The lowest BCUT2D eigenvalue weighted by molar-refractivity contribution is -0.175. The van der Waals surface area contributed by atoms with E-state index in [1.165, 1.54) is 12.1 Å². The molecule has 1 aromatic heterocycles. The molecule has 290 valence electrons. The SMILES string of the molecule is CCN(CCCNC[C@H](O)c1ccc(O)c2[nH]c(=O)ccc12)C(=O)c1ccc(CCC(=O)N2CC(C(=O)O)(c3ccccc3)[C@H]2C2CN3CCC2CC3)cc1. The van der Waals surface area contributed by atoms with Crippen molar-refractivity contribution in [2.75, 3.05) is 52.4 Å². The second-order valence-corrected chi connectivity index (χ2v) is 15.4. The number of carboxylic acid groups (broad SMARTS) is 1. The van der Waals surface area contributed by atoms with Crippen LogP contribution in [-0.4, -0.2) is 111 Å². The van der Waals surface area contributed by atoms with E-state index in [0.717, 1.165) is 43.6 Å². The Kier molecular flexibility index (Phi) is 11.4. The molecule has 0 spiro atoms. The van der Waals surface area contributed by atoms with Crippen molar-refractivity contribution in [3.05, 3.63) is 111 Å². The number of nitrogens with one attached hydrogen (secondary N) is 2. The molecule has 4 fully saturated rings. The summed E-state index contributed by atoms with van der Waals surface area (Å²) in [4.78, 5) is 60.7. The van der Waals surface area contributed by atoms with E-state index in [0.29, 0.717) is 54.9 Å². The number of aromatic hydroxyl groups is 1. The number of aliphatic hydroxyl groups excluding tert-OH is 1. The Morgan fingerprint density at radius 2 is 1.75 bits per heavy atom. The van der Waals surface area contributed by atoms with Gasteiger partial charge in [-0.1, -0.05) is 48.5 Å². The molecule has 8 rings (SSSR count). The molecule has 2 bridgehead atoms. The molecule has 4 aliphatic rings. The van der Waals surface area contributed by atoms with E-state index in [1.54, 1.807) is 29.2 Å². The number of H-pyrrole nitrogens is 1. The fraction of sp³-hybridized carbons (Fsp3) is 0.442. The summed E-state index contributed by atoms with van der Waals surface area (Å²) in [6, 6.07) is 22.5. The second-order valence-electron chi connectivity index (χ2n) is 15.4. The van der Waals surface area contributed by atoms with Crippen LogP contribution < -0.4 is 10.9 Å². The summed E-state index contributed by atoms with van der Waals surface area (Å²) in [5, 5.41) is 35.5. The number of pyridine rings is 1. The monoisotopic (exact) mass is 749 g/mol. The topological polar surface area (TPSA) is 167 Å². The van der Waals surface area contributed by atoms with Crippen LogP contribution in [0, 0.1) is 11.8 Å². The maximum absolute atomic E-state index is 13.9. The van der Waals surface area contributed by atoms with Crippen LogP contribution in [0.3, 0.4) is 0 Å². The van der Waals surface area contributed by atoms with Crippen molar-refractivity contribution in [1.82, 2.24) is 25.0 Å². The first-order valence-corrected chi connectivity index (χ1v) is 19.5. The maximum Gasteiger partial charge on any atom is 0.318 e. The Bertz CT molecular complexity index is 2060. The molecule has 2 amide bonds. The second kappa shape index (κ2) is 16.4. The van der Waals surface area contributed by atoms with Crippen LogP contribution in [0.15, 0.2) is 83.7 Å². The smallest absolute Gasteiger partial charge is 0.318 e. The van der Waals surface area contributed by atoms with Crippen LogP contribution in [0.1, 0.15) is 65.8 Å². The van der Waals surface area contributed by atoms with Crippen molar-refractivity contribution in [2.45, 2.75) is 56.6 Å². The van der Waals surface area contributed by atoms with E-state index in [1.807, 2.05) is 54.3 Å². The van der Waals surface area contributed by atoms with Crippen LogP contribution in [0.4, 0.5) is 0 Å². The van der Waals surface area contributed by atoms with Crippen molar-refractivity contribution >= 4 is 28.7 Å². The Morgan fingerprint density at radius 3 is 2.42 bits per heavy atom. The molecule has 12 heteroatoms. The lowest BCUT2D eigenvalue weighted by atomic mass is 9.58. The molecule has 0 radical (unpaired) electrons. The number of carboxylic acids is 1. The van der Waals surface area contributed by atoms with Gasteiger partial charge >= 0.3 is 5.97 Å². The molecular formula is C43H51N5O7. The molecule has 4 aromatic rings. The number of phenols is 1. The number of aliphatic carboxylic acids is 1. The Hall–Kier alpha value is -5.04. The Balaban J connectivity index is 0.914. The van der Waals surface area contributed by atoms with Gasteiger partial charge in [0.25, 0.3) is 5.91 Å². The molecule has 2 unspecified atom stereocenters. The Morgan fingerprint density at radius 1 is 1.00 bits per heavy atom. The predicted octanol–water partition coefficient (Wildman–Crippen LogP) is 3.92. The number of hydrogen-bond donors (Lipinski definition) is 5. The number of aromatic amines is 1. The third-order valence-electron chi connectivity index (χ3n) is 12.2. The van der Waals surface area contributed by atoms with Crippen LogP contribution in [0.2, 0.25) is 0 Å². The molecule has 4 aliphatic heterocycles. The van der Waals surface area contributed by atoms with Gasteiger partial charge in [0.05, 0.1) is 17.7 Å². The molecule has 3 aromatic carbocycles. The summed E-state index contributed by atoms with van der Waals surface area (Å²) in [5.41, 5.74) is 1.70. The third kappa shape index (κ3) is 7.63. The first-order valence-electron chi connectivity index (χ1n) is 19.5. The zero-order valence-corrected chi connectivity index (χ0v) is 31.3. The number of nitrogens with zero attached hydrogens (tertiary/aromatic N) is 3. The number of aliphatic hydroxyl groups is 1. The number of fused-ring (bicyclic) bond motifs is 4. The zero-order valence-electron chi connectivity index (χ0n) is 31.3. The maximum atomic E-state index is 13.9. The van der Waals surface area contributed by atoms with Gasteiger partial charge in [0.2, 0.25) is 11.5 Å². The fourth-order valence-corrected chi connectivity index (χ4v) is 9.23. The number of benzene rings is 3. The highest BCUT2D eigenvalue weighted by Crippen LogP contribution is 2.50. The molecule has 5 heterocycles. The van der Waals surface area contributed by atoms with Crippen molar-refractivity contribution < 1.29 is 29.7 Å². The molecule has 5 N–H and O–H groups in total. The molecule has 0 aliphatic carbocycles. The van der Waals surface area contributed by atoms with Crippen molar-refractivity contribution in [2.24, 2.45) is 11.8 Å². The molecular weight excluding hydrogens is 699 g/mol. The van der Waals surface area contributed by atoms with Gasteiger partial charge in [-0.25, -0.2) is 0 Å². The van der Waals surface area contributed by atoms with Crippen molar-refractivity contribution in [3.63, 3.8) is 0 Å². The summed E-state index contributed by atoms with van der Waals surface area (Å²) in [6.45, 7) is 6.90. The number of carbonyl (C=O) groups is 3. The van der Waals surface area contributed by atoms with Gasteiger partial charge in [0.15, 0.2) is 0 Å². The normalized spacial score (nSPS) is 23.6. The van der Waals surface area contributed by atoms with Gasteiger partial charge in [0, 0.05) is 56.2 Å². The Labute approximate surface area is 320 Å². The van der Waals surface area contributed by atoms with E-state index in [4.69, 9.17) is 0 Å². The summed E-state index contributed by atoms with van der Waals surface area (Å²) in [7, 11) is 0. The minimum atomic E-state index is -1.11. The number of phenolic OH excluding ortho intramolecular Hbond substituents is 1. The number of aromatic nitrogens is 1. The number of rotatable bonds is 15. The van der Waals surface area contributed by atoms with Crippen molar-refractivity contribution in [3.8, 4) is 5.75 Å². The molecule has 0 saturated carbocycles. The van der Waals surface area contributed by atoms with Crippen molar-refractivity contribution in [1.29, 1.82) is 0 Å². The fourth-order valence-electron chi connectivity index (χ4n) is 9.23. The first kappa shape index (κ1) is 38.2. The van der Waals surface area contributed by atoms with Gasteiger partial charge in [-0.2, -0.15) is 0 Å². The first-order chi connectivity index (χ1) is 26.6. The number of carbonyl (C=O) groups excluding carboxylic acids is 2. The molecule has 4 saturated heterocycles. The van der Waals surface area contributed by atoms with E-state index in [9.17, 15) is 34.5 Å². The highest BCUT2D eigenvalue weighted by Gasteiger charge is 2.64.